The highest BCUT2D eigenvalue weighted by Gasteiger charge is 2.39. The summed E-state index contributed by atoms with van der Waals surface area (Å²) in [5.74, 6) is 2.77. The fraction of sp³-hybridized carbons (Fsp3) is 0.667. The molecule has 3 atom stereocenters. The van der Waals surface area contributed by atoms with Crippen LogP contribution in [-0.2, 0) is 17.8 Å². The van der Waals surface area contributed by atoms with Crippen LogP contribution in [0.25, 0.3) is 0 Å². The Hall–Kier alpha value is -1.35. The number of nitrogens with zero attached hydrogens (tertiary/aromatic N) is 1. The fourth-order valence-electron chi connectivity index (χ4n) is 5.21. The second kappa shape index (κ2) is 7.26. The second-order valence-corrected chi connectivity index (χ2v) is 8.14. The third-order valence-electron chi connectivity index (χ3n) is 6.52. The molecular formula is C21H30N2O. The van der Waals surface area contributed by atoms with Crippen LogP contribution in [-0.4, -0.2) is 30.4 Å². The molecule has 3 nitrogen and oxygen atoms in total. The molecule has 0 spiro atoms. The number of fused-ring (bicyclic) bond motifs is 3. The van der Waals surface area contributed by atoms with Gasteiger partial charge in [0.25, 0.3) is 0 Å². The first kappa shape index (κ1) is 16.1. The molecule has 3 aliphatic rings. The smallest absolute Gasteiger partial charge is 0.220 e. The molecule has 24 heavy (non-hydrogen) atoms. The molecule has 3 unspecified atom stereocenters. The number of benzene rings is 1. The van der Waals surface area contributed by atoms with Crippen LogP contribution in [0.15, 0.2) is 24.3 Å². The summed E-state index contributed by atoms with van der Waals surface area (Å²) in [6, 6.07) is 8.78. The van der Waals surface area contributed by atoms with Crippen molar-refractivity contribution in [1.29, 1.82) is 0 Å². The van der Waals surface area contributed by atoms with E-state index in [9.17, 15) is 4.79 Å². The van der Waals surface area contributed by atoms with Crippen molar-refractivity contribution >= 4 is 5.91 Å². The summed E-state index contributed by atoms with van der Waals surface area (Å²) >= 11 is 0. The van der Waals surface area contributed by atoms with Gasteiger partial charge in [-0.1, -0.05) is 30.7 Å². The SMILES string of the molecule is O=C(CC1CC2CCC1C2)NCCCN1CCc2ccccc2C1. The first-order valence-corrected chi connectivity index (χ1v) is 9.84. The summed E-state index contributed by atoms with van der Waals surface area (Å²) in [6.07, 6.45) is 8.50. The maximum Gasteiger partial charge on any atom is 0.220 e. The molecule has 3 heteroatoms. The quantitative estimate of drug-likeness (QED) is 0.813. The predicted octanol–water partition coefficient (Wildman–Crippen LogP) is 3.38. The van der Waals surface area contributed by atoms with E-state index in [0.717, 1.165) is 57.3 Å². The zero-order valence-electron chi connectivity index (χ0n) is 14.7. The van der Waals surface area contributed by atoms with Gasteiger partial charge in [0.1, 0.15) is 0 Å². The Kier molecular flexibility index (Phi) is 4.88. The summed E-state index contributed by atoms with van der Waals surface area (Å²) in [4.78, 5) is 14.7. The fourth-order valence-corrected chi connectivity index (χ4v) is 5.21. The van der Waals surface area contributed by atoms with E-state index in [2.05, 4.69) is 34.5 Å². The lowest BCUT2D eigenvalue weighted by Gasteiger charge is -2.28. The van der Waals surface area contributed by atoms with Crippen LogP contribution >= 0.6 is 0 Å². The largest absolute Gasteiger partial charge is 0.356 e. The molecule has 4 rings (SSSR count). The number of carbonyl (C=O) groups excluding carboxylic acids is 1. The Morgan fingerprint density at radius 2 is 2.04 bits per heavy atom. The van der Waals surface area contributed by atoms with Crippen molar-refractivity contribution < 1.29 is 4.79 Å². The average Bonchev–Trinajstić information content (AvgIpc) is 3.21. The monoisotopic (exact) mass is 326 g/mol. The molecule has 0 saturated heterocycles. The molecule has 1 N–H and O–H groups in total. The van der Waals surface area contributed by atoms with Crippen molar-refractivity contribution in [2.75, 3.05) is 19.6 Å². The van der Waals surface area contributed by atoms with Crippen molar-refractivity contribution in [3.63, 3.8) is 0 Å². The van der Waals surface area contributed by atoms with Crippen LogP contribution in [0.5, 0.6) is 0 Å². The van der Waals surface area contributed by atoms with Crippen LogP contribution < -0.4 is 5.32 Å². The van der Waals surface area contributed by atoms with Crippen molar-refractivity contribution in [1.82, 2.24) is 10.2 Å². The molecule has 1 aromatic carbocycles. The van der Waals surface area contributed by atoms with Crippen molar-refractivity contribution in [3.05, 3.63) is 35.4 Å². The lowest BCUT2D eigenvalue weighted by atomic mass is 9.86. The summed E-state index contributed by atoms with van der Waals surface area (Å²) in [5.41, 5.74) is 2.98. The molecule has 2 aliphatic carbocycles. The molecule has 1 aliphatic heterocycles. The third kappa shape index (κ3) is 3.66. The Morgan fingerprint density at radius 1 is 1.17 bits per heavy atom. The highest BCUT2D eigenvalue weighted by molar-refractivity contribution is 5.76. The highest BCUT2D eigenvalue weighted by Crippen LogP contribution is 2.49. The molecular weight excluding hydrogens is 296 g/mol. The molecule has 130 valence electrons. The van der Waals surface area contributed by atoms with Crippen LogP contribution in [0.2, 0.25) is 0 Å². The van der Waals surface area contributed by atoms with E-state index in [4.69, 9.17) is 0 Å². The van der Waals surface area contributed by atoms with Gasteiger partial charge in [-0.05, 0) is 61.0 Å². The minimum Gasteiger partial charge on any atom is -0.356 e. The van der Waals surface area contributed by atoms with Crippen molar-refractivity contribution in [3.8, 4) is 0 Å². The van der Waals surface area contributed by atoms with Gasteiger partial charge >= 0.3 is 0 Å². The maximum absolute atomic E-state index is 12.2. The minimum atomic E-state index is 0.288. The Balaban J connectivity index is 1.13. The topological polar surface area (TPSA) is 32.3 Å². The van der Waals surface area contributed by atoms with Gasteiger partial charge in [0.15, 0.2) is 0 Å². The van der Waals surface area contributed by atoms with Gasteiger partial charge in [-0.25, -0.2) is 0 Å². The van der Waals surface area contributed by atoms with Gasteiger partial charge < -0.3 is 5.32 Å². The number of carbonyl (C=O) groups is 1. The maximum atomic E-state index is 12.2. The van der Waals surface area contributed by atoms with Crippen molar-refractivity contribution in [2.24, 2.45) is 17.8 Å². The molecule has 2 fully saturated rings. The van der Waals surface area contributed by atoms with E-state index in [1.807, 2.05) is 0 Å². The van der Waals surface area contributed by atoms with Crippen molar-refractivity contribution in [2.45, 2.75) is 51.5 Å². The zero-order valence-corrected chi connectivity index (χ0v) is 14.7. The van der Waals surface area contributed by atoms with Gasteiger partial charge in [-0.2, -0.15) is 0 Å². The lowest BCUT2D eigenvalue weighted by molar-refractivity contribution is -0.122. The molecule has 0 radical (unpaired) electrons. The number of amides is 1. The second-order valence-electron chi connectivity index (χ2n) is 8.14. The molecule has 1 aromatic rings. The van der Waals surface area contributed by atoms with E-state index in [1.165, 1.54) is 36.8 Å². The summed E-state index contributed by atoms with van der Waals surface area (Å²) < 4.78 is 0. The van der Waals surface area contributed by atoms with E-state index >= 15 is 0 Å². The van der Waals surface area contributed by atoms with E-state index in [1.54, 1.807) is 0 Å². The number of hydrogen-bond acceptors (Lipinski definition) is 2. The Labute approximate surface area is 145 Å². The molecule has 2 bridgehead atoms. The summed E-state index contributed by atoms with van der Waals surface area (Å²) in [5, 5.41) is 3.16. The zero-order chi connectivity index (χ0) is 16.4. The van der Waals surface area contributed by atoms with Crippen LogP contribution in [0.3, 0.4) is 0 Å². The van der Waals surface area contributed by atoms with Gasteiger partial charge in [-0.15, -0.1) is 0 Å². The Morgan fingerprint density at radius 3 is 2.83 bits per heavy atom. The Bertz CT molecular complexity index is 585. The van der Waals surface area contributed by atoms with Crippen LogP contribution in [0.4, 0.5) is 0 Å². The third-order valence-corrected chi connectivity index (χ3v) is 6.52. The standard InChI is InChI=1S/C21H30N2O/c24-21(14-20-13-16-6-7-18(20)12-16)22-9-3-10-23-11-8-17-4-1-2-5-19(17)15-23/h1-2,4-5,16,18,20H,3,6-15H2,(H,22,24). The summed E-state index contributed by atoms with van der Waals surface area (Å²) in [6.45, 7) is 4.13. The number of nitrogens with one attached hydrogen (secondary N) is 1. The summed E-state index contributed by atoms with van der Waals surface area (Å²) in [7, 11) is 0. The number of rotatable bonds is 6. The average molecular weight is 326 g/mol. The first-order valence-electron chi connectivity index (χ1n) is 9.84. The molecule has 1 heterocycles. The van der Waals surface area contributed by atoms with Gasteiger partial charge in [0, 0.05) is 32.6 Å². The van der Waals surface area contributed by atoms with E-state index < -0.39 is 0 Å². The van der Waals surface area contributed by atoms with E-state index in [-0.39, 0.29) is 5.91 Å². The lowest BCUT2D eigenvalue weighted by Crippen LogP contribution is -2.34. The molecule has 1 amide bonds. The van der Waals surface area contributed by atoms with Crippen LogP contribution in [0.1, 0.15) is 49.7 Å². The van der Waals surface area contributed by atoms with Gasteiger partial charge in [0.05, 0.1) is 0 Å². The van der Waals surface area contributed by atoms with E-state index in [0.29, 0.717) is 5.92 Å². The molecule has 2 saturated carbocycles. The van der Waals surface area contributed by atoms with Gasteiger partial charge in [-0.3, -0.25) is 9.69 Å². The number of hydrogen-bond donors (Lipinski definition) is 1. The normalized spacial score (nSPS) is 28.8. The first-order chi connectivity index (χ1) is 11.8. The van der Waals surface area contributed by atoms with Gasteiger partial charge in [0.2, 0.25) is 5.91 Å². The van der Waals surface area contributed by atoms with Crippen LogP contribution in [0, 0.1) is 17.8 Å². The minimum absolute atomic E-state index is 0.288. The highest BCUT2D eigenvalue weighted by atomic mass is 16.1. The molecule has 0 aromatic heterocycles. The predicted molar refractivity (Wildman–Crippen MR) is 96.6 cm³/mol.